The zero-order chi connectivity index (χ0) is 12.0. The lowest BCUT2D eigenvalue weighted by atomic mass is 9.89. The van der Waals surface area contributed by atoms with E-state index in [-0.39, 0.29) is 5.41 Å². The van der Waals surface area contributed by atoms with Gasteiger partial charge in [-0.25, -0.2) is 0 Å². The van der Waals surface area contributed by atoms with Gasteiger partial charge in [-0.15, -0.1) is 0 Å². The van der Waals surface area contributed by atoms with Crippen LogP contribution in [-0.4, -0.2) is 30.0 Å². The van der Waals surface area contributed by atoms with Gasteiger partial charge in [0, 0.05) is 25.5 Å². The van der Waals surface area contributed by atoms with Gasteiger partial charge in [-0.2, -0.15) is 0 Å². The summed E-state index contributed by atoms with van der Waals surface area (Å²) in [5, 5.41) is 0. The number of hydrogen-bond acceptors (Lipinski definition) is 3. The van der Waals surface area contributed by atoms with Gasteiger partial charge in [0.1, 0.15) is 0 Å². The Balaban J connectivity index is 2.44. The van der Waals surface area contributed by atoms with Crippen LogP contribution in [0.5, 0.6) is 0 Å². The summed E-state index contributed by atoms with van der Waals surface area (Å²) in [6.45, 7) is 7.32. The monoisotopic (exact) mass is 221 g/mol. The molecule has 1 aromatic heterocycles. The van der Waals surface area contributed by atoms with Crippen molar-refractivity contribution in [2.24, 2.45) is 11.1 Å². The summed E-state index contributed by atoms with van der Waals surface area (Å²) in [4.78, 5) is 6.36. The Bertz CT molecular complexity index is 295. The maximum atomic E-state index is 5.62. The molecule has 0 saturated carbocycles. The Morgan fingerprint density at radius 3 is 2.50 bits per heavy atom. The van der Waals surface area contributed by atoms with E-state index in [2.05, 4.69) is 42.9 Å². The average Bonchev–Trinajstić information content (AvgIpc) is 2.17. The molecular weight excluding hydrogens is 198 g/mol. The summed E-state index contributed by atoms with van der Waals surface area (Å²) in [5.74, 6) is 0. The summed E-state index contributed by atoms with van der Waals surface area (Å²) < 4.78 is 0. The third-order valence-electron chi connectivity index (χ3n) is 2.72. The molecule has 0 fully saturated rings. The number of nitrogens with two attached hydrogens (primary N) is 1. The second-order valence-electron chi connectivity index (χ2n) is 5.23. The Morgan fingerprint density at radius 1 is 1.31 bits per heavy atom. The van der Waals surface area contributed by atoms with E-state index in [0.29, 0.717) is 0 Å². The van der Waals surface area contributed by atoms with Crippen molar-refractivity contribution >= 4 is 0 Å². The van der Waals surface area contributed by atoms with Crippen LogP contribution in [0.3, 0.4) is 0 Å². The van der Waals surface area contributed by atoms with Crippen LogP contribution in [0.1, 0.15) is 25.8 Å². The lowest BCUT2D eigenvalue weighted by Crippen LogP contribution is -2.32. The quantitative estimate of drug-likeness (QED) is 0.797. The first-order chi connectivity index (χ1) is 7.53. The molecule has 0 amide bonds. The molecule has 2 N–H and O–H groups in total. The molecule has 0 aliphatic carbocycles. The van der Waals surface area contributed by atoms with Crippen LogP contribution in [0, 0.1) is 5.41 Å². The number of rotatable bonds is 6. The fraction of sp³-hybridized carbons (Fsp3) is 0.615. The molecule has 16 heavy (non-hydrogen) atoms. The Morgan fingerprint density at radius 2 is 1.94 bits per heavy atom. The molecule has 0 spiro atoms. The molecule has 3 nitrogen and oxygen atoms in total. The van der Waals surface area contributed by atoms with Gasteiger partial charge < -0.3 is 10.6 Å². The Kier molecular flexibility index (Phi) is 4.90. The Labute approximate surface area is 98.7 Å². The maximum absolute atomic E-state index is 5.62. The van der Waals surface area contributed by atoms with Gasteiger partial charge in [-0.05, 0) is 43.1 Å². The first-order valence-corrected chi connectivity index (χ1v) is 5.81. The third-order valence-corrected chi connectivity index (χ3v) is 2.72. The van der Waals surface area contributed by atoms with Gasteiger partial charge >= 0.3 is 0 Å². The van der Waals surface area contributed by atoms with Gasteiger partial charge in [0.2, 0.25) is 0 Å². The molecule has 1 rings (SSSR count). The summed E-state index contributed by atoms with van der Waals surface area (Å²) in [6.07, 6.45) is 4.75. The molecule has 0 aliphatic rings. The van der Waals surface area contributed by atoms with Crippen LogP contribution in [0.15, 0.2) is 24.5 Å². The van der Waals surface area contributed by atoms with Crippen molar-refractivity contribution < 1.29 is 0 Å². The second kappa shape index (κ2) is 5.97. The number of hydrogen-bond donors (Lipinski definition) is 1. The van der Waals surface area contributed by atoms with Crippen LogP contribution in [-0.2, 0) is 6.54 Å². The minimum atomic E-state index is 0.288. The summed E-state index contributed by atoms with van der Waals surface area (Å²) >= 11 is 0. The number of pyridine rings is 1. The van der Waals surface area contributed by atoms with Crippen molar-refractivity contribution in [2.45, 2.75) is 26.8 Å². The lowest BCUT2D eigenvalue weighted by Gasteiger charge is -2.30. The molecule has 0 bridgehead atoms. The molecule has 0 unspecified atom stereocenters. The minimum absolute atomic E-state index is 0.288. The van der Waals surface area contributed by atoms with Crippen LogP contribution in [0.2, 0.25) is 0 Å². The molecule has 3 heteroatoms. The van der Waals surface area contributed by atoms with Gasteiger partial charge in [-0.3, -0.25) is 4.98 Å². The fourth-order valence-electron chi connectivity index (χ4n) is 2.06. The highest BCUT2D eigenvalue weighted by atomic mass is 15.1. The SMILES string of the molecule is CN(Cc1ccncc1)CC(C)(C)CCN. The van der Waals surface area contributed by atoms with E-state index in [0.717, 1.165) is 26.1 Å². The predicted octanol–water partition coefficient (Wildman–Crippen LogP) is 1.89. The smallest absolute Gasteiger partial charge is 0.0271 e. The fourth-order valence-corrected chi connectivity index (χ4v) is 2.06. The maximum Gasteiger partial charge on any atom is 0.0271 e. The van der Waals surface area contributed by atoms with Crippen molar-refractivity contribution in [1.29, 1.82) is 0 Å². The van der Waals surface area contributed by atoms with Crippen LogP contribution in [0.4, 0.5) is 0 Å². The van der Waals surface area contributed by atoms with E-state index < -0.39 is 0 Å². The van der Waals surface area contributed by atoms with Crippen molar-refractivity contribution in [1.82, 2.24) is 9.88 Å². The molecule has 0 radical (unpaired) electrons. The summed E-state index contributed by atoms with van der Waals surface area (Å²) in [7, 11) is 2.15. The topological polar surface area (TPSA) is 42.2 Å². The van der Waals surface area contributed by atoms with Gasteiger partial charge in [0.25, 0.3) is 0 Å². The standard InChI is InChI=1S/C13H23N3/c1-13(2,6-7-14)11-16(3)10-12-4-8-15-9-5-12/h4-5,8-9H,6-7,10-11,14H2,1-3H3. The highest BCUT2D eigenvalue weighted by Crippen LogP contribution is 2.21. The van der Waals surface area contributed by atoms with Crippen molar-refractivity contribution in [3.05, 3.63) is 30.1 Å². The van der Waals surface area contributed by atoms with E-state index in [4.69, 9.17) is 5.73 Å². The molecule has 1 heterocycles. The van der Waals surface area contributed by atoms with Crippen molar-refractivity contribution in [3.8, 4) is 0 Å². The van der Waals surface area contributed by atoms with Gasteiger partial charge in [0.05, 0.1) is 0 Å². The zero-order valence-electron chi connectivity index (χ0n) is 10.6. The molecule has 0 atom stereocenters. The molecule has 1 aromatic rings. The predicted molar refractivity (Wildman–Crippen MR) is 68.0 cm³/mol. The normalized spacial score (nSPS) is 12.1. The first kappa shape index (κ1) is 13.1. The average molecular weight is 221 g/mol. The molecule has 90 valence electrons. The van der Waals surface area contributed by atoms with E-state index >= 15 is 0 Å². The van der Waals surface area contributed by atoms with Crippen LogP contribution in [0.25, 0.3) is 0 Å². The van der Waals surface area contributed by atoms with E-state index in [1.165, 1.54) is 5.56 Å². The highest BCUT2D eigenvalue weighted by Gasteiger charge is 2.18. The number of nitrogens with zero attached hydrogens (tertiary/aromatic N) is 2. The second-order valence-corrected chi connectivity index (χ2v) is 5.23. The molecule has 0 saturated heterocycles. The van der Waals surface area contributed by atoms with Crippen molar-refractivity contribution in [3.63, 3.8) is 0 Å². The van der Waals surface area contributed by atoms with E-state index in [1.807, 2.05) is 12.4 Å². The zero-order valence-corrected chi connectivity index (χ0v) is 10.6. The summed E-state index contributed by atoms with van der Waals surface area (Å²) in [6, 6.07) is 4.12. The molecular formula is C13H23N3. The molecule has 0 aliphatic heterocycles. The third kappa shape index (κ3) is 4.73. The largest absolute Gasteiger partial charge is 0.330 e. The van der Waals surface area contributed by atoms with Crippen LogP contribution < -0.4 is 5.73 Å². The summed E-state index contributed by atoms with van der Waals surface area (Å²) in [5.41, 5.74) is 7.21. The highest BCUT2D eigenvalue weighted by molar-refractivity contribution is 5.09. The van der Waals surface area contributed by atoms with E-state index in [1.54, 1.807) is 0 Å². The van der Waals surface area contributed by atoms with Crippen molar-refractivity contribution in [2.75, 3.05) is 20.1 Å². The van der Waals surface area contributed by atoms with Gasteiger partial charge in [-0.1, -0.05) is 13.8 Å². The van der Waals surface area contributed by atoms with Crippen LogP contribution >= 0.6 is 0 Å². The first-order valence-electron chi connectivity index (χ1n) is 5.81. The Hall–Kier alpha value is -0.930. The van der Waals surface area contributed by atoms with Gasteiger partial charge in [0.15, 0.2) is 0 Å². The lowest BCUT2D eigenvalue weighted by molar-refractivity contribution is 0.195. The minimum Gasteiger partial charge on any atom is -0.330 e. The number of aromatic nitrogens is 1. The van der Waals surface area contributed by atoms with E-state index in [9.17, 15) is 0 Å². The molecule has 0 aromatic carbocycles.